The summed E-state index contributed by atoms with van der Waals surface area (Å²) in [6.45, 7) is 2.23. The number of hydrogen-bond donors (Lipinski definition) is 0. The van der Waals surface area contributed by atoms with Gasteiger partial charge in [0.25, 0.3) is 0 Å². The highest BCUT2D eigenvalue weighted by molar-refractivity contribution is 6.30. The molecular weight excluding hydrogens is 238 g/mol. The highest BCUT2D eigenvalue weighted by Gasteiger charge is 2.23. The molecule has 1 saturated heterocycles. The van der Waals surface area contributed by atoms with Crippen LogP contribution >= 0.6 is 11.6 Å². The second-order valence-corrected chi connectivity index (χ2v) is 4.75. The summed E-state index contributed by atoms with van der Waals surface area (Å²) in [5.41, 5.74) is 0.718. The summed E-state index contributed by atoms with van der Waals surface area (Å²) < 4.78 is 5.27. The minimum atomic E-state index is 0.137. The Morgan fingerprint density at radius 1 is 1.47 bits per heavy atom. The Morgan fingerprint density at radius 3 is 2.76 bits per heavy atom. The van der Waals surface area contributed by atoms with Crippen molar-refractivity contribution in [3.05, 3.63) is 34.9 Å². The van der Waals surface area contributed by atoms with Crippen LogP contribution in [0.3, 0.4) is 0 Å². The Kier molecular flexibility index (Phi) is 4.15. The molecule has 0 aromatic heterocycles. The molecule has 0 N–H and O–H groups in total. The number of carbonyl (C=O) groups is 1. The van der Waals surface area contributed by atoms with E-state index in [1.807, 2.05) is 0 Å². The molecule has 0 saturated carbocycles. The Balaban J connectivity index is 1.91. The summed E-state index contributed by atoms with van der Waals surface area (Å²) in [6, 6.07) is 7.04. The van der Waals surface area contributed by atoms with Gasteiger partial charge in [-0.15, -0.1) is 0 Å². The summed E-state index contributed by atoms with van der Waals surface area (Å²) in [4.78, 5) is 14.1. The lowest BCUT2D eigenvalue weighted by Gasteiger charge is -2.14. The van der Waals surface area contributed by atoms with E-state index in [9.17, 15) is 4.79 Å². The number of hydrogen-bond acceptors (Lipinski definition) is 3. The van der Waals surface area contributed by atoms with Crippen molar-refractivity contribution in [2.24, 2.45) is 0 Å². The lowest BCUT2D eigenvalue weighted by molar-refractivity contribution is 0.0899. The SMILES string of the molecule is COC1CCN(CC(=O)c2ccc(Cl)cc2)C1. The minimum Gasteiger partial charge on any atom is -0.380 e. The van der Waals surface area contributed by atoms with Crippen LogP contribution in [0.4, 0.5) is 0 Å². The van der Waals surface area contributed by atoms with Gasteiger partial charge in [0.15, 0.2) is 5.78 Å². The molecule has 92 valence electrons. The number of carbonyl (C=O) groups excluding carboxylic acids is 1. The quantitative estimate of drug-likeness (QED) is 0.771. The topological polar surface area (TPSA) is 29.5 Å². The number of halogens is 1. The van der Waals surface area contributed by atoms with Crippen molar-refractivity contribution in [3.63, 3.8) is 0 Å². The molecular formula is C13H16ClNO2. The maximum absolute atomic E-state index is 12.0. The molecule has 1 aliphatic rings. The van der Waals surface area contributed by atoms with Gasteiger partial charge in [-0.3, -0.25) is 9.69 Å². The van der Waals surface area contributed by atoms with Gasteiger partial charge in [-0.05, 0) is 30.7 Å². The summed E-state index contributed by atoms with van der Waals surface area (Å²) in [5, 5.41) is 0.655. The van der Waals surface area contributed by atoms with Gasteiger partial charge >= 0.3 is 0 Å². The number of ketones is 1. The Labute approximate surface area is 106 Å². The van der Waals surface area contributed by atoms with Gasteiger partial charge in [-0.2, -0.15) is 0 Å². The van der Waals surface area contributed by atoms with Crippen molar-refractivity contribution in [1.29, 1.82) is 0 Å². The zero-order valence-electron chi connectivity index (χ0n) is 9.86. The molecule has 1 aliphatic heterocycles. The molecule has 4 heteroatoms. The van der Waals surface area contributed by atoms with Crippen LogP contribution in [0.25, 0.3) is 0 Å². The monoisotopic (exact) mass is 253 g/mol. The first-order valence-electron chi connectivity index (χ1n) is 5.73. The standard InChI is InChI=1S/C13H16ClNO2/c1-17-12-6-7-15(8-12)9-13(16)10-2-4-11(14)5-3-10/h2-5,12H,6-9H2,1H3. The zero-order valence-corrected chi connectivity index (χ0v) is 10.6. The van der Waals surface area contributed by atoms with Crippen molar-refractivity contribution in [2.45, 2.75) is 12.5 Å². The molecule has 0 amide bonds. The molecule has 1 aromatic carbocycles. The van der Waals surface area contributed by atoms with Crippen LogP contribution in [0.2, 0.25) is 5.02 Å². The average molecular weight is 254 g/mol. The molecule has 0 bridgehead atoms. The van der Waals surface area contributed by atoms with Crippen molar-refractivity contribution < 1.29 is 9.53 Å². The predicted octanol–water partition coefficient (Wildman–Crippen LogP) is 2.24. The van der Waals surface area contributed by atoms with Gasteiger partial charge in [0.1, 0.15) is 0 Å². The van der Waals surface area contributed by atoms with Gasteiger partial charge in [0, 0.05) is 30.8 Å². The smallest absolute Gasteiger partial charge is 0.176 e. The maximum atomic E-state index is 12.0. The van der Waals surface area contributed by atoms with Crippen molar-refractivity contribution in [1.82, 2.24) is 4.90 Å². The summed E-state index contributed by atoms with van der Waals surface area (Å²) in [7, 11) is 1.72. The third-order valence-electron chi connectivity index (χ3n) is 3.10. The van der Waals surface area contributed by atoms with Crippen LogP contribution in [0.1, 0.15) is 16.8 Å². The van der Waals surface area contributed by atoms with E-state index in [-0.39, 0.29) is 11.9 Å². The second kappa shape index (κ2) is 5.63. The molecule has 2 rings (SSSR count). The lowest BCUT2D eigenvalue weighted by Crippen LogP contribution is -2.29. The molecule has 1 unspecified atom stereocenters. The number of nitrogens with zero attached hydrogens (tertiary/aromatic N) is 1. The van der Waals surface area contributed by atoms with Gasteiger partial charge in [0.05, 0.1) is 12.6 Å². The predicted molar refractivity (Wildman–Crippen MR) is 67.6 cm³/mol. The normalized spacial score (nSPS) is 20.7. The van der Waals surface area contributed by atoms with Crippen LogP contribution in [-0.2, 0) is 4.74 Å². The largest absolute Gasteiger partial charge is 0.380 e. The molecule has 17 heavy (non-hydrogen) atoms. The fourth-order valence-corrected chi connectivity index (χ4v) is 2.19. The zero-order chi connectivity index (χ0) is 12.3. The van der Waals surface area contributed by atoms with Crippen LogP contribution in [-0.4, -0.2) is 43.5 Å². The number of benzene rings is 1. The van der Waals surface area contributed by atoms with Crippen molar-refractivity contribution in [3.8, 4) is 0 Å². The second-order valence-electron chi connectivity index (χ2n) is 4.31. The fourth-order valence-electron chi connectivity index (χ4n) is 2.06. The van der Waals surface area contributed by atoms with E-state index in [4.69, 9.17) is 16.3 Å². The molecule has 1 aromatic rings. The molecule has 1 atom stereocenters. The van der Waals surface area contributed by atoms with Gasteiger partial charge in [-0.25, -0.2) is 0 Å². The summed E-state index contributed by atoms with van der Waals surface area (Å²) in [5.74, 6) is 0.137. The highest BCUT2D eigenvalue weighted by Crippen LogP contribution is 2.14. The van der Waals surface area contributed by atoms with Gasteiger partial charge in [0.2, 0.25) is 0 Å². The first-order chi connectivity index (χ1) is 8.19. The first kappa shape index (κ1) is 12.6. The van der Waals surface area contributed by atoms with E-state index < -0.39 is 0 Å². The minimum absolute atomic E-state index is 0.137. The fraction of sp³-hybridized carbons (Fsp3) is 0.462. The van der Waals surface area contributed by atoms with E-state index in [0.29, 0.717) is 11.6 Å². The van der Waals surface area contributed by atoms with Crippen LogP contribution in [0.5, 0.6) is 0 Å². The van der Waals surface area contributed by atoms with Gasteiger partial charge < -0.3 is 4.74 Å². The molecule has 0 aliphatic carbocycles. The highest BCUT2D eigenvalue weighted by atomic mass is 35.5. The first-order valence-corrected chi connectivity index (χ1v) is 6.11. The molecule has 0 spiro atoms. The third-order valence-corrected chi connectivity index (χ3v) is 3.35. The summed E-state index contributed by atoms with van der Waals surface area (Å²) in [6.07, 6.45) is 1.28. The van der Waals surface area contributed by atoms with E-state index >= 15 is 0 Å². The Bertz CT molecular complexity index is 391. The molecule has 0 radical (unpaired) electrons. The lowest BCUT2D eigenvalue weighted by atomic mass is 10.1. The number of rotatable bonds is 4. The third kappa shape index (κ3) is 3.28. The summed E-state index contributed by atoms with van der Waals surface area (Å²) >= 11 is 5.79. The van der Waals surface area contributed by atoms with Crippen LogP contribution in [0.15, 0.2) is 24.3 Å². The van der Waals surface area contributed by atoms with Gasteiger partial charge in [-0.1, -0.05) is 11.6 Å². The average Bonchev–Trinajstić information content (AvgIpc) is 2.77. The number of Topliss-reactive ketones (excluding diaryl/α,β-unsaturated/α-hetero) is 1. The maximum Gasteiger partial charge on any atom is 0.176 e. The van der Waals surface area contributed by atoms with E-state index in [2.05, 4.69) is 4.90 Å². The van der Waals surface area contributed by atoms with E-state index in [1.54, 1.807) is 31.4 Å². The van der Waals surface area contributed by atoms with Crippen LogP contribution in [0, 0.1) is 0 Å². The molecule has 3 nitrogen and oxygen atoms in total. The number of methoxy groups -OCH3 is 1. The van der Waals surface area contributed by atoms with Crippen molar-refractivity contribution in [2.75, 3.05) is 26.7 Å². The molecule has 1 heterocycles. The van der Waals surface area contributed by atoms with E-state index in [1.165, 1.54) is 0 Å². The molecule has 1 fully saturated rings. The Morgan fingerprint density at radius 2 is 2.18 bits per heavy atom. The van der Waals surface area contributed by atoms with E-state index in [0.717, 1.165) is 25.1 Å². The Hall–Kier alpha value is -0.900. The van der Waals surface area contributed by atoms with Crippen molar-refractivity contribution >= 4 is 17.4 Å². The van der Waals surface area contributed by atoms with Crippen LogP contribution < -0.4 is 0 Å². The number of ether oxygens (including phenoxy) is 1. The number of likely N-dealkylation sites (tertiary alicyclic amines) is 1.